The third kappa shape index (κ3) is 4.28. The van der Waals surface area contributed by atoms with Crippen molar-refractivity contribution < 1.29 is 24.2 Å². The average Bonchev–Trinajstić information content (AvgIpc) is 3.51. The molecule has 0 spiro atoms. The van der Waals surface area contributed by atoms with Crippen molar-refractivity contribution >= 4 is 18.0 Å². The molecule has 0 radical (unpaired) electrons. The summed E-state index contributed by atoms with van der Waals surface area (Å²) >= 11 is 0. The number of hydrogen-bond donors (Lipinski definition) is 2. The normalized spacial score (nSPS) is 23.2. The third-order valence-electron chi connectivity index (χ3n) is 7.75. The smallest absolute Gasteiger partial charge is 0.407 e. The maximum atomic E-state index is 13.5. The second kappa shape index (κ2) is 9.36. The van der Waals surface area contributed by atoms with Crippen molar-refractivity contribution in [2.45, 2.75) is 63.6 Å². The lowest BCUT2D eigenvalue weighted by molar-refractivity contribution is -0.143. The molecule has 7 nitrogen and oxygen atoms in total. The maximum Gasteiger partial charge on any atom is 0.407 e. The highest BCUT2D eigenvalue weighted by molar-refractivity contribution is 5.88. The predicted molar refractivity (Wildman–Crippen MR) is 131 cm³/mol. The van der Waals surface area contributed by atoms with E-state index in [1.54, 1.807) is 4.90 Å². The van der Waals surface area contributed by atoms with E-state index in [0.717, 1.165) is 28.7 Å². The lowest BCUT2D eigenvalue weighted by Gasteiger charge is -2.29. The van der Waals surface area contributed by atoms with Crippen LogP contribution in [0.25, 0.3) is 11.1 Å². The number of fused-ring (bicyclic) bond motifs is 5. The fourth-order valence-corrected chi connectivity index (χ4v) is 6.25. The Morgan fingerprint density at radius 1 is 1.03 bits per heavy atom. The van der Waals surface area contributed by atoms with Crippen LogP contribution in [0.3, 0.4) is 0 Å². The van der Waals surface area contributed by atoms with Gasteiger partial charge in [0.1, 0.15) is 12.6 Å². The summed E-state index contributed by atoms with van der Waals surface area (Å²) in [6.07, 6.45) is 1.86. The summed E-state index contributed by atoms with van der Waals surface area (Å²) < 4.78 is 5.68. The van der Waals surface area contributed by atoms with Gasteiger partial charge in [-0.3, -0.25) is 9.59 Å². The molecule has 2 heterocycles. The number of alkyl carbamates (subject to hydrolysis) is 1. The number of aliphatic carboxylic acids is 1. The molecule has 3 aliphatic rings. The van der Waals surface area contributed by atoms with Crippen molar-refractivity contribution in [3.05, 3.63) is 59.7 Å². The average molecular weight is 477 g/mol. The van der Waals surface area contributed by atoms with Gasteiger partial charge in [0.2, 0.25) is 5.91 Å². The van der Waals surface area contributed by atoms with Gasteiger partial charge in [0.15, 0.2) is 0 Å². The number of amides is 2. The number of carbonyl (C=O) groups is 3. The Hall–Kier alpha value is -3.35. The SMILES string of the molecule is CC(C)C[C@@H](NC(=O)OCC1c2ccccc2-c2ccccc21)C(=O)N1[C@@H]2CC[C@H]1[C@@H](C(=O)O)C2. The van der Waals surface area contributed by atoms with Crippen LogP contribution in [0.5, 0.6) is 0 Å². The highest BCUT2D eigenvalue weighted by Crippen LogP contribution is 2.45. The minimum absolute atomic E-state index is 0.0573. The predicted octanol–water partition coefficient (Wildman–Crippen LogP) is 4.40. The molecule has 1 aliphatic carbocycles. The summed E-state index contributed by atoms with van der Waals surface area (Å²) in [5, 5.41) is 12.4. The Morgan fingerprint density at radius 2 is 1.66 bits per heavy atom. The number of rotatable bonds is 7. The first-order valence-electron chi connectivity index (χ1n) is 12.5. The molecule has 2 saturated heterocycles. The van der Waals surface area contributed by atoms with Crippen molar-refractivity contribution in [3.63, 3.8) is 0 Å². The first kappa shape index (κ1) is 23.4. The molecule has 0 unspecified atom stereocenters. The van der Waals surface area contributed by atoms with Crippen LogP contribution in [-0.4, -0.2) is 52.7 Å². The van der Waals surface area contributed by atoms with Gasteiger partial charge in [-0.1, -0.05) is 62.4 Å². The zero-order valence-corrected chi connectivity index (χ0v) is 20.1. The summed E-state index contributed by atoms with van der Waals surface area (Å²) in [6.45, 7) is 4.18. The second-order valence-electron chi connectivity index (χ2n) is 10.4. The highest BCUT2D eigenvalue weighted by Gasteiger charge is 2.52. The number of carboxylic acid groups (broad SMARTS) is 1. The van der Waals surface area contributed by atoms with Gasteiger partial charge in [0.25, 0.3) is 0 Å². The van der Waals surface area contributed by atoms with Crippen molar-refractivity contribution in [2.24, 2.45) is 11.8 Å². The van der Waals surface area contributed by atoms with Crippen LogP contribution in [0, 0.1) is 11.8 Å². The third-order valence-corrected chi connectivity index (χ3v) is 7.75. The number of ether oxygens (including phenoxy) is 1. The van der Waals surface area contributed by atoms with Crippen LogP contribution in [0.2, 0.25) is 0 Å². The Bertz CT molecular complexity index is 1100. The summed E-state index contributed by atoms with van der Waals surface area (Å²) in [6, 6.07) is 15.2. The molecule has 2 aromatic rings. The standard InChI is InChI=1S/C28H32N2O5/c1-16(2)13-24(26(31)30-17-11-12-25(30)22(14-17)27(32)33)29-28(34)35-15-23-20-9-5-3-7-18(20)19-8-4-6-10-21(19)23/h3-10,16-17,22-25H,11-15H2,1-2H3,(H,29,34)(H,32,33)/t17-,22+,24-,25+/m1/s1. The first-order chi connectivity index (χ1) is 16.8. The van der Waals surface area contributed by atoms with Crippen LogP contribution in [0.4, 0.5) is 4.79 Å². The zero-order chi connectivity index (χ0) is 24.7. The minimum atomic E-state index is -0.847. The quantitative estimate of drug-likeness (QED) is 0.617. The molecule has 2 bridgehead atoms. The zero-order valence-electron chi connectivity index (χ0n) is 20.1. The van der Waals surface area contributed by atoms with Crippen LogP contribution < -0.4 is 5.32 Å². The van der Waals surface area contributed by atoms with E-state index in [-0.39, 0.29) is 36.4 Å². The molecule has 184 valence electrons. The van der Waals surface area contributed by atoms with Gasteiger partial charge in [-0.15, -0.1) is 0 Å². The number of carbonyl (C=O) groups excluding carboxylic acids is 2. The molecule has 0 aromatic heterocycles. The Morgan fingerprint density at radius 3 is 2.23 bits per heavy atom. The number of hydrogen-bond acceptors (Lipinski definition) is 4. The summed E-state index contributed by atoms with van der Waals surface area (Å²) in [5.74, 6) is -1.44. The fraction of sp³-hybridized carbons (Fsp3) is 0.464. The molecule has 2 N–H and O–H groups in total. The maximum absolute atomic E-state index is 13.5. The lowest BCUT2D eigenvalue weighted by Crippen LogP contribution is -2.51. The molecule has 2 fully saturated rings. The molecular weight excluding hydrogens is 444 g/mol. The topological polar surface area (TPSA) is 95.9 Å². The number of benzene rings is 2. The van der Waals surface area contributed by atoms with Crippen LogP contribution in [-0.2, 0) is 14.3 Å². The van der Waals surface area contributed by atoms with E-state index in [9.17, 15) is 19.5 Å². The lowest BCUT2D eigenvalue weighted by atomic mass is 9.89. The molecule has 2 amide bonds. The van der Waals surface area contributed by atoms with Gasteiger partial charge in [-0.25, -0.2) is 4.79 Å². The van der Waals surface area contributed by atoms with E-state index in [0.29, 0.717) is 19.3 Å². The van der Waals surface area contributed by atoms with Gasteiger partial charge in [-0.05, 0) is 53.9 Å². The number of nitrogens with zero attached hydrogens (tertiary/aromatic N) is 1. The van der Waals surface area contributed by atoms with Crippen molar-refractivity contribution in [1.82, 2.24) is 10.2 Å². The monoisotopic (exact) mass is 476 g/mol. The van der Waals surface area contributed by atoms with E-state index in [1.165, 1.54) is 0 Å². The van der Waals surface area contributed by atoms with Crippen LogP contribution in [0.15, 0.2) is 48.5 Å². The summed E-state index contributed by atoms with van der Waals surface area (Å²) in [7, 11) is 0. The summed E-state index contributed by atoms with van der Waals surface area (Å²) in [5.41, 5.74) is 4.57. The van der Waals surface area contributed by atoms with Gasteiger partial charge in [0.05, 0.1) is 5.92 Å². The van der Waals surface area contributed by atoms with Crippen LogP contribution in [0.1, 0.15) is 56.6 Å². The first-order valence-corrected chi connectivity index (χ1v) is 12.5. The minimum Gasteiger partial charge on any atom is -0.481 e. The molecule has 35 heavy (non-hydrogen) atoms. The van der Waals surface area contributed by atoms with Crippen molar-refractivity contribution in [3.8, 4) is 11.1 Å². The van der Waals surface area contributed by atoms with E-state index in [2.05, 4.69) is 29.6 Å². The van der Waals surface area contributed by atoms with E-state index in [1.807, 2.05) is 38.1 Å². The Kier molecular flexibility index (Phi) is 6.26. The number of carboxylic acids is 1. The Balaban J connectivity index is 1.27. The summed E-state index contributed by atoms with van der Waals surface area (Å²) in [4.78, 5) is 39.8. The molecule has 4 atom stereocenters. The van der Waals surface area contributed by atoms with Crippen molar-refractivity contribution in [2.75, 3.05) is 6.61 Å². The van der Waals surface area contributed by atoms with E-state index in [4.69, 9.17) is 4.74 Å². The van der Waals surface area contributed by atoms with E-state index >= 15 is 0 Å². The van der Waals surface area contributed by atoms with Gasteiger partial charge < -0.3 is 20.1 Å². The highest BCUT2D eigenvalue weighted by atomic mass is 16.5. The molecule has 2 aromatic carbocycles. The molecular formula is C28H32N2O5. The fourth-order valence-electron chi connectivity index (χ4n) is 6.25. The van der Waals surface area contributed by atoms with E-state index < -0.39 is 24.0 Å². The number of nitrogens with one attached hydrogen (secondary N) is 1. The van der Waals surface area contributed by atoms with Gasteiger partial charge in [0, 0.05) is 18.0 Å². The van der Waals surface area contributed by atoms with Gasteiger partial charge >= 0.3 is 12.1 Å². The molecule has 0 saturated carbocycles. The molecule has 2 aliphatic heterocycles. The van der Waals surface area contributed by atoms with Crippen LogP contribution >= 0.6 is 0 Å². The largest absolute Gasteiger partial charge is 0.481 e. The molecule has 7 heteroatoms. The van der Waals surface area contributed by atoms with Crippen molar-refractivity contribution in [1.29, 1.82) is 0 Å². The Labute approximate surface area is 205 Å². The van der Waals surface area contributed by atoms with Gasteiger partial charge in [-0.2, -0.15) is 0 Å². The second-order valence-corrected chi connectivity index (χ2v) is 10.4. The molecule has 5 rings (SSSR count).